The summed E-state index contributed by atoms with van der Waals surface area (Å²) in [5.41, 5.74) is -4.60. The second kappa shape index (κ2) is 9.87. The van der Waals surface area contributed by atoms with Gasteiger partial charge in [0, 0.05) is 72.7 Å². The molecule has 0 saturated heterocycles. The molecule has 1 spiro atoms. The maximum atomic E-state index is 14.5. The largest absolute Gasteiger partial charge is 0.624 e. The van der Waals surface area contributed by atoms with Crippen LogP contribution in [0.15, 0.2) is 0 Å². The number of carbonyl (C=O) groups excluding carboxylic acids is 4. The van der Waals surface area contributed by atoms with Gasteiger partial charge in [0.15, 0.2) is 24.0 Å². The molecule has 0 amide bonds. The number of hydroxylamine groups is 1. The highest BCUT2D eigenvalue weighted by Crippen LogP contribution is 2.79. The van der Waals surface area contributed by atoms with E-state index in [0.717, 1.165) is 4.74 Å². The lowest BCUT2D eigenvalue weighted by Gasteiger charge is -2.62. The number of ether oxygens (including phenoxy) is 7. The third-order valence-electron chi connectivity index (χ3n) is 11.7. The molecule has 13 atom stereocenters. The number of esters is 4. The summed E-state index contributed by atoms with van der Waals surface area (Å²) >= 11 is 0. The van der Waals surface area contributed by atoms with Crippen LogP contribution in [0, 0.1) is 39.7 Å². The summed E-state index contributed by atoms with van der Waals surface area (Å²) in [6, 6.07) is -0.687. The van der Waals surface area contributed by atoms with Gasteiger partial charge in [-0.2, -0.15) is 0 Å². The molecule has 0 aromatic heterocycles. The Hall–Kier alpha value is -2.77. The third kappa shape index (κ3) is 3.64. The molecule has 7 bridgehead atoms. The summed E-state index contributed by atoms with van der Waals surface area (Å²) in [5.74, 6) is -4.34. The molecule has 0 unspecified atom stereocenters. The molecule has 238 valence electrons. The fourth-order valence-electron chi connectivity index (χ4n) is 11.4. The molecule has 6 aliphatic rings. The van der Waals surface area contributed by atoms with E-state index < -0.39 is 100 Å². The lowest BCUT2D eigenvalue weighted by atomic mass is 9.44. The van der Waals surface area contributed by atoms with Crippen molar-refractivity contribution in [2.24, 2.45) is 34.5 Å². The molecule has 5 saturated carbocycles. The maximum Gasteiger partial charge on any atom is 0.303 e. The highest BCUT2D eigenvalue weighted by atomic mass is 16.6. The molecule has 1 aliphatic heterocycles. The zero-order valence-corrected chi connectivity index (χ0v) is 25.7. The molecule has 43 heavy (non-hydrogen) atoms. The molecule has 5 fully saturated rings. The van der Waals surface area contributed by atoms with Crippen LogP contribution in [-0.2, 0) is 52.3 Å². The van der Waals surface area contributed by atoms with Crippen LogP contribution in [-0.4, -0.2) is 104 Å². The van der Waals surface area contributed by atoms with E-state index in [-0.39, 0.29) is 19.4 Å². The normalized spacial score (nSPS) is 48.2. The van der Waals surface area contributed by atoms with Crippen molar-refractivity contribution >= 4 is 30.1 Å². The first-order valence-electron chi connectivity index (χ1n) is 14.9. The number of methoxy groups -OCH3 is 3. The number of rotatable bonds is 8. The van der Waals surface area contributed by atoms with Crippen LogP contribution in [0.5, 0.6) is 0 Å². The van der Waals surface area contributed by atoms with Gasteiger partial charge in [-0.05, 0) is 25.2 Å². The molecule has 6 rings (SSSR count). The zero-order valence-electron chi connectivity index (χ0n) is 25.7. The van der Waals surface area contributed by atoms with Crippen LogP contribution >= 0.6 is 0 Å². The Morgan fingerprint density at radius 2 is 1.49 bits per heavy atom. The van der Waals surface area contributed by atoms with Gasteiger partial charge < -0.3 is 38.4 Å². The standard InChI is InChI=1S/C30H41NO12/c1-14(32)40-19-8-9-28-18-10-29(42-16(3)34)20(38-6)11-30(43-17(4)35,21(18)26(29)41-15(2)33)22-23(39-7)24(28)27(19,13-37-5)12-31(36)25(22)28/h12,18-26H,8-11,13H2,1-7H3/t18-,19-,20+,21-,22-,23+,24-,25+,26-,27+,28-,29+,30-/m1/s1. The zero-order chi connectivity index (χ0) is 31.3. The van der Waals surface area contributed by atoms with E-state index in [9.17, 15) is 24.4 Å². The van der Waals surface area contributed by atoms with E-state index in [1.54, 1.807) is 13.3 Å². The average Bonchev–Trinajstić information content (AvgIpc) is 3.29. The smallest absolute Gasteiger partial charge is 0.303 e. The van der Waals surface area contributed by atoms with Gasteiger partial charge in [-0.15, -0.1) is 0 Å². The molecule has 0 radical (unpaired) electrons. The van der Waals surface area contributed by atoms with Gasteiger partial charge in [-0.3, -0.25) is 19.2 Å². The monoisotopic (exact) mass is 607 g/mol. The Bertz CT molecular complexity index is 1270. The number of hydrogen-bond donors (Lipinski definition) is 0. The van der Waals surface area contributed by atoms with Gasteiger partial charge in [-0.25, -0.2) is 4.74 Å². The van der Waals surface area contributed by atoms with Gasteiger partial charge in [0.1, 0.15) is 23.2 Å². The first-order valence-corrected chi connectivity index (χ1v) is 14.9. The summed E-state index contributed by atoms with van der Waals surface area (Å²) in [6.45, 7) is 5.31. The van der Waals surface area contributed by atoms with Gasteiger partial charge in [0.2, 0.25) is 0 Å². The molecule has 0 N–H and O–H groups in total. The van der Waals surface area contributed by atoms with Crippen molar-refractivity contribution in [2.75, 3.05) is 27.9 Å². The molecule has 0 aromatic carbocycles. The van der Waals surface area contributed by atoms with E-state index in [1.807, 2.05) is 0 Å². The minimum Gasteiger partial charge on any atom is -0.624 e. The van der Waals surface area contributed by atoms with E-state index in [0.29, 0.717) is 12.8 Å². The van der Waals surface area contributed by atoms with Crippen LogP contribution in [0.2, 0.25) is 0 Å². The van der Waals surface area contributed by atoms with Crippen LogP contribution in [0.4, 0.5) is 0 Å². The van der Waals surface area contributed by atoms with Crippen LogP contribution in [0.25, 0.3) is 0 Å². The van der Waals surface area contributed by atoms with Crippen molar-refractivity contribution in [2.45, 2.75) is 95.0 Å². The lowest BCUT2D eigenvalue weighted by Crippen LogP contribution is -2.74. The van der Waals surface area contributed by atoms with Crippen molar-refractivity contribution in [1.29, 1.82) is 0 Å². The summed E-state index contributed by atoms with van der Waals surface area (Å²) in [4.78, 5) is 50.7. The van der Waals surface area contributed by atoms with Gasteiger partial charge in [0.25, 0.3) is 0 Å². The number of carbonyl (C=O) groups is 4. The summed E-state index contributed by atoms with van der Waals surface area (Å²) in [5, 5.41) is 14.5. The molecule has 13 heteroatoms. The molecular formula is C30H41NO12. The Morgan fingerprint density at radius 1 is 0.837 bits per heavy atom. The fraction of sp³-hybridized carbons (Fsp3) is 0.833. The highest BCUT2D eigenvalue weighted by molar-refractivity contribution is 5.72. The topological polar surface area (TPSA) is 159 Å². The Balaban J connectivity index is 1.66. The summed E-state index contributed by atoms with van der Waals surface area (Å²) in [6.07, 6.45) is -0.317. The third-order valence-corrected chi connectivity index (χ3v) is 11.7. The number of fused-ring (bicyclic) bond motifs is 2. The van der Waals surface area contributed by atoms with Crippen molar-refractivity contribution in [1.82, 2.24) is 0 Å². The SMILES string of the molecule is COC[C@]12C=[N+]([O-])[C@H]3[C@H]4[C@H](OC)[C@H]1[C@@]3(CC[C@H]2OC(C)=O)[C@@H]1C[C@]2(OC(C)=O)[C@@H](OC)C[C@@]4(OC(C)=O)[C@H]1[C@H]2OC(C)=O. The van der Waals surface area contributed by atoms with Crippen molar-refractivity contribution < 1.29 is 57.1 Å². The Morgan fingerprint density at radius 3 is 2.05 bits per heavy atom. The fourth-order valence-corrected chi connectivity index (χ4v) is 11.4. The average molecular weight is 608 g/mol. The minimum absolute atomic E-state index is 0.0799. The minimum atomic E-state index is -1.38. The summed E-state index contributed by atoms with van der Waals surface area (Å²) < 4.78 is 43.5. The van der Waals surface area contributed by atoms with Crippen molar-refractivity contribution in [3.05, 3.63) is 5.21 Å². The van der Waals surface area contributed by atoms with Gasteiger partial charge >= 0.3 is 23.9 Å². The first-order chi connectivity index (χ1) is 20.3. The van der Waals surface area contributed by atoms with E-state index in [4.69, 9.17) is 33.2 Å². The molecule has 13 nitrogen and oxygen atoms in total. The van der Waals surface area contributed by atoms with Gasteiger partial charge in [-0.1, -0.05) is 0 Å². The van der Waals surface area contributed by atoms with E-state index in [2.05, 4.69) is 0 Å². The Labute approximate surface area is 250 Å². The van der Waals surface area contributed by atoms with E-state index >= 15 is 0 Å². The molecule has 5 aliphatic carbocycles. The van der Waals surface area contributed by atoms with Crippen molar-refractivity contribution in [3.8, 4) is 0 Å². The lowest BCUT2D eigenvalue weighted by molar-refractivity contribution is -0.556. The maximum absolute atomic E-state index is 14.5. The predicted octanol–water partition coefficient (Wildman–Crippen LogP) is 1.16. The van der Waals surface area contributed by atoms with Gasteiger partial charge in [0.05, 0.1) is 18.6 Å². The number of hydrogen-bond acceptors (Lipinski definition) is 12. The van der Waals surface area contributed by atoms with Crippen LogP contribution in [0.3, 0.4) is 0 Å². The van der Waals surface area contributed by atoms with E-state index in [1.165, 1.54) is 41.9 Å². The Kier molecular flexibility index (Phi) is 6.94. The molecule has 1 heterocycles. The molecular weight excluding hydrogens is 566 g/mol. The van der Waals surface area contributed by atoms with Crippen LogP contribution < -0.4 is 0 Å². The quantitative estimate of drug-likeness (QED) is 0.168. The predicted molar refractivity (Wildman–Crippen MR) is 144 cm³/mol. The first kappa shape index (κ1) is 30.3. The number of nitrogens with zero attached hydrogens (tertiary/aromatic N) is 1. The summed E-state index contributed by atoms with van der Waals surface area (Å²) in [7, 11) is 4.59. The second-order valence-corrected chi connectivity index (χ2v) is 13.3. The highest BCUT2D eigenvalue weighted by Gasteiger charge is 2.91. The second-order valence-electron chi connectivity index (χ2n) is 13.3. The van der Waals surface area contributed by atoms with Crippen molar-refractivity contribution in [3.63, 3.8) is 0 Å². The van der Waals surface area contributed by atoms with Crippen LogP contribution in [0.1, 0.15) is 53.4 Å². The molecule has 0 aromatic rings.